The average molecular weight is 308 g/mol. The summed E-state index contributed by atoms with van der Waals surface area (Å²) in [5, 5.41) is 2.89. The van der Waals surface area contributed by atoms with Gasteiger partial charge in [0.05, 0.1) is 12.3 Å². The van der Waals surface area contributed by atoms with Crippen molar-refractivity contribution >= 4 is 11.6 Å². The molecule has 0 aliphatic rings. The van der Waals surface area contributed by atoms with Crippen LogP contribution in [0.3, 0.4) is 0 Å². The predicted octanol–water partition coefficient (Wildman–Crippen LogP) is 2.53. The third kappa shape index (κ3) is 7.31. The van der Waals surface area contributed by atoms with E-state index in [9.17, 15) is 4.79 Å². The summed E-state index contributed by atoms with van der Waals surface area (Å²) in [6, 6.07) is 5.72. The van der Waals surface area contributed by atoms with Gasteiger partial charge in [0.15, 0.2) is 0 Å². The monoisotopic (exact) mass is 308 g/mol. The molecular formula is C17H28N2O3. The molecule has 0 fully saturated rings. The van der Waals surface area contributed by atoms with E-state index in [1.54, 1.807) is 0 Å². The Bertz CT molecular complexity index is 450. The summed E-state index contributed by atoms with van der Waals surface area (Å²) in [5.74, 6) is 0.771. The van der Waals surface area contributed by atoms with E-state index in [0.29, 0.717) is 50.6 Å². The normalized spacial score (nSPS) is 10.5. The number of anilines is 1. The fourth-order valence-electron chi connectivity index (χ4n) is 1.99. The van der Waals surface area contributed by atoms with Crippen molar-refractivity contribution in [2.75, 3.05) is 32.1 Å². The lowest BCUT2D eigenvalue weighted by Gasteiger charge is -2.10. The van der Waals surface area contributed by atoms with Crippen molar-refractivity contribution in [1.29, 1.82) is 0 Å². The summed E-state index contributed by atoms with van der Waals surface area (Å²) in [5.41, 5.74) is 7.63. The molecule has 1 rings (SSSR count). The molecule has 0 spiro atoms. The van der Waals surface area contributed by atoms with Crippen LogP contribution in [-0.2, 0) is 16.0 Å². The quantitative estimate of drug-likeness (QED) is 0.487. The second kappa shape index (κ2) is 10.9. The molecule has 0 saturated heterocycles. The van der Waals surface area contributed by atoms with Gasteiger partial charge in [0, 0.05) is 26.2 Å². The maximum absolute atomic E-state index is 11.7. The van der Waals surface area contributed by atoms with Gasteiger partial charge in [-0.05, 0) is 43.9 Å². The van der Waals surface area contributed by atoms with Gasteiger partial charge >= 0.3 is 0 Å². The Morgan fingerprint density at radius 2 is 2.09 bits per heavy atom. The van der Waals surface area contributed by atoms with Crippen molar-refractivity contribution in [3.63, 3.8) is 0 Å². The van der Waals surface area contributed by atoms with Crippen LogP contribution in [0.5, 0.6) is 5.75 Å². The third-order valence-electron chi connectivity index (χ3n) is 3.17. The number of nitrogens with one attached hydrogen (secondary N) is 1. The molecule has 5 nitrogen and oxygen atoms in total. The molecule has 3 N–H and O–H groups in total. The number of carbonyl (C=O) groups is 1. The lowest BCUT2D eigenvalue weighted by atomic mass is 10.1. The standard InChI is InChI=1S/C17H28N2O3/c1-3-11-22-16-8-6-14(13-15(16)18)7-9-17(20)19-10-5-12-21-4-2/h6,8,13H,3-5,7,9-12,18H2,1-2H3,(H,19,20). The fourth-order valence-corrected chi connectivity index (χ4v) is 1.99. The van der Waals surface area contributed by atoms with E-state index in [4.69, 9.17) is 15.2 Å². The van der Waals surface area contributed by atoms with Crippen molar-refractivity contribution in [2.24, 2.45) is 0 Å². The van der Waals surface area contributed by atoms with Crippen molar-refractivity contribution in [2.45, 2.75) is 39.5 Å². The molecule has 0 radical (unpaired) electrons. The molecule has 0 heterocycles. The van der Waals surface area contributed by atoms with Crippen LogP contribution in [0.4, 0.5) is 5.69 Å². The molecule has 5 heteroatoms. The SMILES string of the molecule is CCCOc1ccc(CCC(=O)NCCCOCC)cc1N. The minimum Gasteiger partial charge on any atom is -0.491 e. The number of nitrogens with two attached hydrogens (primary N) is 1. The second-order valence-electron chi connectivity index (χ2n) is 5.12. The Labute approximate surface area is 133 Å². The second-order valence-corrected chi connectivity index (χ2v) is 5.12. The van der Waals surface area contributed by atoms with E-state index in [1.807, 2.05) is 25.1 Å². The Kier molecular flexibility index (Phi) is 9.07. The van der Waals surface area contributed by atoms with Gasteiger partial charge < -0.3 is 20.5 Å². The highest BCUT2D eigenvalue weighted by Crippen LogP contribution is 2.23. The number of hydrogen-bond donors (Lipinski definition) is 2. The third-order valence-corrected chi connectivity index (χ3v) is 3.17. The van der Waals surface area contributed by atoms with Gasteiger partial charge in [-0.1, -0.05) is 13.0 Å². The van der Waals surface area contributed by atoms with E-state index in [-0.39, 0.29) is 5.91 Å². The number of amides is 1. The minimum absolute atomic E-state index is 0.0568. The number of rotatable bonds is 11. The van der Waals surface area contributed by atoms with Crippen molar-refractivity contribution in [1.82, 2.24) is 5.32 Å². The zero-order chi connectivity index (χ0) is 16.2. The summed E-state index contributed by atoms with van der Waals surface area (Å²) in [7, 11) is 0. The number of benzene rings is 1. The largest absolute Gasteiger partial charge is 0.491 e. The zero-order valence-electron chi connectivity index (χ0n) is 13.7. The summed E-state index contributed by atoms with van der Waals surface area (Å²) in [4.78, 5) is 11.7. The molecular weight excluding hydrogens is 280 g/mol. The van der Waals surface area contributed by atoms with Crippen LogP contribution < -0.4 is 15.8 Å². The number of hydrogen-bond acceptors (Lipinski definition) is 4. The fraction of sp³-hybridized carbons (Fsp3) is 0.588. The Morgan fingerprint density at radius 1 is 1.27 bits per heavy atom. The van der Waals surface area contributed by atoms with E-state index >= 15 is 0 Å². The van der Waals surface area contributed by atoms with Crippen LogP contribution >= 0.6 is 0 Å². The number of aryl methyl sites for hydroxylation is 1. The lowest BCUT2D eigenvalue weighted by molar-refractivity contribution is -0.121. The van der Waals surface area contributed by atoms with Crippen LogP contribution in [0.25, 0.3) is 0 Å². The Morgan fingerprint density at radius 3 is 2.77 bits per heavy atom. The van der Waals surface area contributed by atoms with Gasteiger partial charge in [-0.2, -0.15) is 0 Å². The van der Waals surface area contributed by atoms with Gasteiger partial charge in [-0.15, -0.1) is 0 Å². The van der Waals surface area contributed by atoms with Gasteiger partial charge in [0.2, 0.25) is 5.91 Å². The Balaban J connectivity index is 2.29. The molecule has 22 heavy (non-hydrogen) atoms. The first-order chi connectivity index (χ1) is 10.7. The maximum atomic E-state index is 11.7. The molecule has 0 bridgehead atoms. The molecule has 0 aliphatic carbocycles. The highest BCUT2D eigenvalue weighted by atomic mass is 16.5. The molecule has 0 unspecified atom stereocenters. The van der Waals surface area contributed by atoms with Crippen LogP contribution in [-0.4, -0.2) is 32.3 Å². The molecule has 1 aromatic rings. The smallest absolute Gasteiger partial charge is 0.220 e. The maximum Gasteiger partial charge on any atom is 0.220 e. The summed E-state index contributed by atoms with van der Waals surface area (Å²) < 4.78 is 10.8. The van der Waals surface area contributed by atoms with E-state index in [2.05, 4.69) is 12.2 Å². The van der Waals surface area contributed by atoms with E-state index in [1.165, 1.54) is 0 Å². The highest BCUT2D eigenvalue weighted by Gasteiger charge is 2.05. The van der Waals surface area contributed by atoms with Gasteiger partial charge in [0.1, 0.15) is 5.75 Å². The molecule has 1 aromatic carbocycles. The van der Waals surface area contributed by atoms with Gasteiger partial charge in [0.25, 0.3) is 0 Å². The topological polar surface area (TPSA) is 73.6 Å². The zero-order valence-corrected chi connectivity index (χ0v) is 13.7. The van der Waals surface area contributed by atoms with Crippen LogP contribution in [0.2, 0.25) is 0 Å². The summed E-state index contributed by atoms with van der Waals surface area (Å²) >= 11 is 0. The molecule has 0 atom stereocenters. The number of carbonyl (C=O) groups excluding carboxylic acids is 1. The predicted molar refractivity (Wildman–Crippen MR) is 89.1 cm³/mol. The van der Waals surface area contributed by atoms with Gasteiger partial charge in [-0.25, -0.2) is 0 Å². The van der Waals surface area contributed by atoms with E-state index < -0.39 is 0 Å². The van der Waals surface area contributed by atoms with Crippen LogP contribution in [0, 0.1) is 0 Å². The number of nitrogen functional groups attached to an aromatic ring is 1. The summed E-state index contributed by atoms with van der Waals surface area (Å²) in [6.07, 6.45) is 2.93. The summed E-state index contributed by atoms with van der Waals surface area (Å²) in [6.45, 7) is 6.73. The average Bonchev–Trinajstić information content (AvgIpc) is 2.52. The van der Waals surface area contributed by atoms with Crippen molar-refractivity contribution in [3.8, 4) is 5.75 Å². The molecule has 0 aliphatic heterocycles. The van der Waals surface area contributed by atoms with Crippen LogP contribution in [0.15, 0.2) is 18.2 Å². The minimum atomic E-state index is 0.0568. The highest BCUT2D eigenvalue weighted by molar-refractivity contribution is 5.76. The lowest BCUT2D eigenvalue weighted by Crippen LogP contribution is -2.25. The van der Waals surface area contributed by atoms with Crippen molar-refractivity contribution in [3.05, 3.63) is 23.8 Å². The van der Waals surface area contributed by atoms with E-state index in [0.717, 1.165) is 18.4 Å². The number of ether oxygens (including phenoxy) is 2. The van der Waals surface area contributed by atoms with Crippen LogP contribution in [0.1, 0.15) is 38.7 Å². The molecule has 1 amide bonds. The first-order valence-electron chi connectivity index (χ1n) is 8.03. The van der Waals surface area contributed by atoms with Gasteiger partial charge in [-0.3, -0.25) is 4.79 Å². The van der Waals surface area contributed by atoms with Crippen molar-refractivity contribution < 1.29 is 14.3 Å². The molecule has 0 aromatic heterocycles. The molecule has 124 valence electrons. The molecule has 0 saturated carbocycles. The first-order valence-corrected chi connectivity index (χ1v) is 8.03. The Hall–Kier alpha value is -1.75. The first kappa shape index (κ1) is 18.3.